The van der Waals surface area contributed by atoms with Crippen molar-refractivity contribution in [3.05, 3.63) is 22.7 Å². The van der Waals surface area contributed by atoms with Crippen molar-refractivity contribution in [2.45, 2.75) is 75.2 Å². The topological polar surface area (TPSA) is 77.7 Å². The lowest BCUT2D eigenvalue weighted by Crippen LogP contribution is -2.54. The highest BCUT2D eigenvalue weighted by molar-refractivity contribution is 7.19. The van der Waals surface area contributed by atoms with E-state index in [9.17, 15) is 13.6 Å². The molecule has 2 aliphatic carbocycles. The van der Waals surface area contributed by atoms with E-state index < -0.39 is 25.6 Å². The van der Waals surface area contributed by atoms with Crippen molar-refractivity contribution < 1.29 is 23.0 Å². The molecule has 0 aromatic carbocycles. The average Bonchev–Trinajstić information content (AvgIpc) is 3.39. The summed E-state index contributed by atoms with van der Waals surface area (Å²) in [5, 5.41) is 1.05. The molecule has 2 N–H and O–H groups in total. The fourth-order valence-electron chi connectivity index (χ4n) is 5.81. The van der Waals surface area contributed by atoms with E-state index in [1.807, 2.05) is 6.07 Å². The average molecular weight is 480 g/mol. The van der Waals surface area contributed by atoms with Gasteiger partial charge in [0.15, 0.2) is 0 Å². The van der Waals surface area contributed by atoms with Crippen molar-refractivity contribution in [3.8, 4) is 5.75 Å². The number of alkyl halides is 2. The van der Waals surface area contributed by atoms with Crippen LogP contribution in [-0.2, 0) is 16.0 Å². The molecular formula is C24H31F2N3O3S. The van der Waals surface area contributed by atoms with E-state index in [2.05, 4.69) is 9.88 Å². The fourth-order valence-corrected chi connectivity index (χ4v) is 7.07. The molecule has 0 unspecified atom stereocenters. The Labute approximate surface area is 196 Å². The van der Waals surface area contributed by atoms with E-state index >= 15 is 0 Å². The number of halogens is 2. The number of morpholine rings is 1. The SMILES string of the molecule is NC(=O)C[C@H]1CCc2sc3nccc(O[C@H]4CC[C@H](N5C[C@@H](CF)O[C@H](CF)C5)CC4)c3c21. The third-order valence-corrected chi connectivity index (χ3v) is 8.48. The maximum Gasteiger partial charge on any atom is 0.218 e. The Balaban J connectivity index is 1.27. The van der Waals surface area contributed by atoms with Crippen molar-refractivity contribution in [3.63, 3.8) is 0 Å². The fraction of sp³-hybridized carbons (Fsp3) is 0.667. The van der Waals surface area contributed by atoms with Gasteiger partial charge in [0.2, 0.25) is 5.91 Å². The Morgan fingerprint density at radius 2 is 1.91 bits per heavy atom. The lowest BCUT2D eigenvalue weighted by molar-refractivity contribution is -0.118. The Morgan fingerprint density at radius 1 is 1.18 bits per heavy atom. The number of primary amides is 1. The van der Waals surface area contributed by atoms with Crippen molar-refractivity contribution in [1.29, 1.82) is 0 Å². The third kappa shape index (κ3) is 4.72. The monoisotopic (exact) mass is 479 g/mol. The van der Waals surface area contributed by atoms with Crippen LogP contribution in [0.3, 0.4) is 0 Å². The summed E-state index contributed by atoms with van der Waals surface area (Å²) in [5.74, 6) is 0.713. The van der Waals surface area contributed by atoms with E-state index in [0.717, 1.165) is 54.5 Å². The Hall–Kier alpha value is -1.84. The number of carbonyl (C=O) groups excluding carboxylic acids is 1. The number of fused-ring (bicyclic) bond motifs is 3. The van der Waals surface area contributed by atoms with Crippen molar-refractivity contribution >= 4 is 27.5 Å². The minimum absolute atomic E-state index is 0.0911. The van der Waals surface area contributed by atoms with Gasteiger partial charge in [0.25, 0.3) is 0 Å². The third-order valence-electron chi connectivity index (χ3n) is 7.30. The molecule has 1 amide bonds. The molecule has 3 atom stereocenters. The van der Waals surface area contributed by atoms with Gasteiger partial charge in [0.1, 0.15) is 23.9 Å². The summed E-state index contributed by atoms with van der Waals surface area (Å²) in [6.07, 6.45) is 6.72. The van der Waals surface area contributed by atoms with Gasteiger partial charge in [-0.15, -0.1) is 11.3 Å². The zero-order chi connectivity index (χ0) is 22.9. The maximum atomic E-state index is 13.2. The van der Waals surface area contributed by atoms with Gasteiger partial charge in [-0.05, 0) is 56.1 Å². The molecule has 2 fully saturated rings. The first-order chi connectivity index (χ1) is 16.1. The van der Waals surface area contributed by atoms with Gasteiger partial charge in [0.05, 0.1) is 23.7 Å². The maximum absolute atomic E-state index is 13.2. The quantitative estimate of drug-likeness (QED) is 0.652. The van der Waals surface area contributed by atoms with Crippen molar-refractivity contribution in [2.75, 3.05) is 26.4 Å². The molecule has 5 rings (SSSR count). The second-order valence-electron chi connectivity index (χ2n) is 9.53. The predicted octanol–water partition coefficient (Wildman–Crippen LogP) is 3.90. The number of nitrogens with zero attached hydrogens (tertiary/aromatic N) is 2. The molecule has 1 saturated heterocycles. The van der Waals surface area contributed by atoms with Crippen LogP contribution in [0.1, 0.15) is 54.9 Å². The Kier molecular flexibility index (Phi) is 6.81. The number of carbonyl (C=O) groups is 1. The summed E-state index contributed by atoms with van der Waals surface area (Å²) in [7, 11) is 0. The van der Waals surface area contributed by atoms with Crippen LogP contribution < -0.4 is 10.5 Å². The molecule has 2 aromatic heterocycles. The van der Waals surface area contributed by atoms with Crippen LogP contribution >= 0.6 is 11.3 Å². The highest BCUT2D eigenvalue weighted by atomic mass is 32.1. The van der Waals surface area contributed by atoms with Gasteiger partial charge in [-0.25, -0.2) is 13.8 Å². The van der Waals surface area contributed by atoms with Gasteiger partial charge in [-0.2, -0.15) is 0 Å². The van der Waals surface area contributed by atoms with Gasteiger partial charge < -0.3 is 15.2 Å². The molecule has 9 heteroatoms. The highest BCUT2D eigenvalue weighted by Gasteiger charge is 2.35. The summed E-state index contributed by atoms with van der Waals surface area (Å²) in [4.78, 5) is 20.6. The summed E-state index contributed by atoms with van der Waals surface area (Å²) >= 11 is 1.69. The lowest BCUT2D eigenvalue weighted by atomic mass is 9.91. The van der Waals surface area contributed by atoms with Crippen molar-refractivity contribution in [2.24, 2.45) is 5.73 Å². The molecule has 6 nitrogen and oxygen atoms in total. The first kappa shape index (κ1) is 22.9. The first-order valence-electron chi connectivity index (χ1n) is 11.9. The first-order valence-corrected chi connectivity index (χ1v) is 12.7. The zero-order valence-corrected chi connectivity index (χ0v) is 19.5. The number of ether oxygens (including phenoxy) is 2. The molecule has 180 valence electrons. The summed E-state index contributed by atoms with van der Waals surface area (Å²) in [6.45, 7) is -0.108. The zero-order valence-electron chi connectivity index (χ0n) is 18.7. The Bertz CT molecular complexity index is 983. The van der Waals surface area contributed by atoms with E-state index in [-0.39, 0.29) is 17.9 Å². The van der Waals surface area contributed by atoms with E-state index in [1.165, 1.54) is 10.4 Å². The molecule has 0 radical (unpaired) electrons. The number of amides is 1. The summed E-state index contributed by atoms with van der Waals surface area (Å²) in [6, 6.07) is 2.24. The van der Waals surface area contributed by atoms with Gasteiger partial charge in [-0.3, -0.25) is 9.69 Å². The van der Waals surface area contributed by atoms with E-state index in [1.54, 1.807) is 17.5 Å². The number of hydrogen-bond donors (Lipinski definition) is 1. The van der Waals surface area contributed by atoms with Gasteiger partial charge in [0, 0.05) is 36.6 Å². The molecule has 1 saturated carbocycles. The van der Waals surface area contributed by atoms with Crippen LogP contribution in [0, 0.1) is 0 Å². The molecular weight excluding hydrogens is 448 g/mol. The number of rotatable bonds is 7. The molecule has 1 aliphatic heterocycles. The van der Waals surface area contributed by atoms with Crippen LogP contribution in [0.2, 0.25) is 0 Å². The Morgan fingerprint density at radius 3 is 2.58 bits per heavy atom. The molecule has 2 aromatic rings. The van der Waals surface area contributed by atoms with Crippen LogP contribution in [0.5, 0.6) is 5.75 Å². The molecule has 0 bridgehead atoms. The van der Waals surface area contributed by atoms with Crippen LogP contribution in [0.15, 0.2) is 12.3 Å². The van der Waals surface area contributed by atoms with Crippen LogP contribution in [0.4, 0.5) is 8.78 Å². The molecule has 33 heavy (non-hydrogen) atoms. The normalized spacial score (nSPS) is 30.4. The second kappa shape index (κ2) is 9.80. The minimum Gasteiger partial charge on any atom is -0.490 e. The van der Waals surface area contributed by atoms with Gasteiger partial charge >= 0.3 is 0 Å². The number of hydrogen-bond acceptors (Lipinski definition) is 6. The van der Waals surface area contributed by atoms with Gasteiger partial charge in [-0.1, -0.05) is 0 Å². The van der Waals surface area contributed by atoms with E-state index in [0.29, 0.717) is 25.6 Å². The summed E-state index contributed by atoms with van der Waals surface area (Å²) in [5.41, 5.74) is 6.71. The number of pyridine rings is 1. The molecule has 3 heterocycles. The second-order valence-corrected chi connectivity index (χ2v) is 10.6. The summed E-state index contributed by atoms with van der Waals surface area (Å²) < 4.78 is 38.4. The predicted molar refractivity (Wildman–Crippen MR) is 123 cm³/mol. The smallest absolute Gasteiger partial charge is 0.218 e. The molecule has 0 spiro atoms. The number of aryl methyl sites for hydroxylation is 1. The highest BCUT2D eigenvalue weighted by Crippen LogP contribution is 2.48. The largest absolute Gasteiger partial charge is 0.490 e. The van der Waals surface area contributed by atoms with Crippen LogP contribution in [0.25, 0.3) is 10.2 Å². The standard InChI is InChI=1S/C24H31F2N3O3S/c25-10-17-12-29(13-18(11-26)31-17)15-2-4-16(5-3-15)32-19-7-8-28-24-23(19)22-14(9-21(27)30)1-6-20(22)33-24/h7-8,14-18H,1-6,9-13H2,(H2,27,30)/t14-,15-,16-,17-,18-/m1/s1. The number of nitrogens with two attached hydrogens (primary N) is 1. The lowest BCUT2D eigenvalue weighted by Gasteiger charge is -2.43. The van der Waals surface area contributed by atoms with E-state index in [4.69, 9.17) is 15.2 Å². The van der Waals surface area contributed by atoms with Crippen LogP contribution in [-0.4, -0.2) is 66.6 Å². The minimum atomic E-state index is -0.578. The number of thiophene rings is 1. The molecule has 3 aliphatic rings. The van der Waals surface area contributed by atoms with Crippen molar-refractivity contribution in [1.82, 2.24) is 9.88 Å². The number of aromatic nitrogens is 1.